The maximum absolute atomic E-state index is 12.7. The van der Waals surface area contributed by atoms with Crippen LogP contribution in [-0.4, -0.2) is 49.2 Å². The van der Waals surface area contributed by atoms with E-state index in [9.17, 15) is 4.79 Å². The number of ether oxygens (including phenoxy) is 2. The lowest BCUT2D eigenvalue weighted by Crippen LogP contribution is -2.51. The molecule has 1 aromatic carbocycles. The van der Waals surface area contributed by atoms with E-state index in [0.717, 1.165) is 18.6 Å². The van der Waals surface area contributed by atoms with Gasteiger partial charge in [-0.2, -0.15) is 0 Å². The van der Waals surface area contributed by atoms with E-state index in [1.165, 1.54) is 12.8 Å². The van der Waals surface area contributed by atoms with Crippen LogP contribution in [0.3, 0.4) is 0 Å². The van der Waals surface area contributed by atoms with Crippen molar-refractivity contribution in [2.24, 2.45) is 0 Å². The number of carbonyl (C=O) groups is 1. The molecule has 2 aliphatic rings. The van der Waals surface area contributed by atoms with E-state index >= 15 is 0 Å². The number of benzene rings is 1. The van der Waals surface area contributed by atoms with E-state index in [0.29, 0.717) is 23.9 Å². The number of hydrogen-bond acceptors (Lipinski definition) is 4. The van der Waals surface area contributed by atoms with Crippen molar-refractivity contribution in [3.63, 3.8) is 0 Å². The summed E-state index contributed by atoms with van der Waals surface area (Å²) in [6.07, 6.45) is 4.09. The van der Waals surface area contributed by atoms with Gasteiger partial charge in [-0.15, -0.1) is 0 Å². The summed E-state index contributed by atoms with van der Waals surface area (Å²) in [6.45, 7) is 1.82. The molecule has 23 heavy (non-hydrogen) atoms. The quantitative estimate of drug-likeness (QED) is 0.904. The zero-order valence-corrected chi connectivity index (χ0v) is 14.1. The molecule has 5 heteroatoms. The number of amides is 1. The molecule has 2 heterocycles. The molecule has 126 valence electrons. The number of nitrogens with one attached hydrogen (secondary N) is 1. The third-order valence-electron chi connectivity index (χ3n) is 5.06. The number of hydrogen-bond donors (Lipinski definition) is 1. The van der Waals surface area contributed by atoms with Gasteiger partial charge in [-0.25, -0.2) is 0 Å². The molecule has 1 N–H and O–H groups in total. The largest absolute Gasteiger partial charge is 0.497 e. The first-order chi connectivity index (χ1) is 11.1. The van der Waals surface area contributed by atoms with Gasteiger partial charge < -0.3 is 19.7 Å². The predicted molar refractivity (Wildman–Crippen MR) is 88.8 cm³/mol. The normalized spacial score (nSPS) is 27.3. The van der Waals surface area contributed by atoms with Gasteiger partial charge in [0.15, 0.2) is 6.10 Å². The van der Waals surface area contributed by atoms with Gasteiger partial charge in [-0.3, -0.25) is 4.79 Å². The smallest absolute Gasteiger partial charge is 0.263 e. The van der Waals surface area contributed by atoms with Crippen molar-refractivity contribution in [1.82, 2.24) is 10.2 Å². The van der Waals surface area contributed by atoms with Gasteiger partial charge >= 0.3 is 0 Å². The summed E-state index contributed by atoms with van der Waals surface area (Å²) < 4.78 is 10.9. The summed E-state index contributed by atoms with van der Waals surface area (Å²) in [4.78, 5) is 14.5. The van der Waals surface area contributed by atoms with Crippen LogP contribution in [0.5, 0.6) is 11.5 Å². The lowest BCUT2D eigenvalue weighted by Gasteiger charge is -2.36. The number of methoxy groups -OCH3 is 1. The van der Waals surface area contributed by atoms with Crippen LogP contribution < -0.4 is 14.8 Å². The summed E-state index contributed by atoms with van der Waals surface area (Å²) >= 11 is 0. The number of piperidine rings is 1. The van der Waals surface area contributed by atoms with Crippen molar-refractivity contribution in [2.75, 3.05) is 14.2 Å². The van der Waals surface area contributed by atoms with Crippen LogP contribution in [0.2, 0.25) is 0 Å². The minimum atomic E-state index is -0.485. The van der Waals surface area contributed by atoms with E-state index in [4.69, 9.17) is 9.47 Å². The van der Waals surface area contributed by atoms with Crippen LogP contribution in [-0.2, 0) is 4.79 Å². The van der Waals surface area contributed by atoms with Gasteiger partial charge in [0, 0.05) is 25.2 Å². The van der Waals surface area contributed by atoms with Gasteiger partial charge in [0.1, 0.15) is 11.5 Å². The second kappa shape index (κ2) is 6.79. The molecule has 0 saturated carbocycles. The topological polar surface area (TPSA) is 50.8 Å². The Labute approximate surface area is 137 Å². The Kier molecular flexibility index (Phi) is 4.76. The summed E-state index contributed by atoms with van der Waals surface area (Å²) in [5.41, 5.74) is 0. The van der Waals surface area contributed by atoms with E-state index in [1.807, 2.05) is 43.1 Å². The number of rotatable bonds is 5. The van der Waals surface area contributed by atoms with E-state index < -0.39 is 6.10 Å². The Morgan fingerprint density at radius 2 is 1.74 bits per heavy atom. The molecule has 5 nitrogen and oxygen atoms in total. The fourth-order valence-electron chi connectivity index (χ4n) is 3.72. The SMILES string of the molecule is COc1ccc(OC(C)C(=O)N(C)C2CC3CCC(C2)N3)cc1. The van der Waals surface area contributed by atoms with Crippen molar-refractivity contribution in [3.8, 4) is 11.5 Å². The average Bonchev–Trinajstić information content (AvgIpc) is 2.92. The van der Waals surface area contributed by atoms with E-state index in [1.54, 1.807) is 7.11 Å². The highest BCUT2D eigenvalue weighted by molar-refractivity contribution is 5.81. The highest BCUT2D eigenvalue weighted by Crippen LogP contribution is 2.29. The van der Waals surface area contributed by atoms with Gasteiger partial charge in [0.2, 0.25) is 0 Å². The minimum Gasteiger partial charge on any atom is -0.497 e. The number of likely N-dealkylation sites (N-methyl/N-ethyl adjacent to an activating group) is 1. The van der Waals surface area contributed by atoms with Crippen LogP contribution in [0.25, 0.3) is 0 Å². The number of fused-ring (bicyclic) bond motifs is 2. The lowest BCUT2D eigenvalue weighted by atomic mass is 9.98. The standard InChI is InChI=1S/C18H26N2O3/c1-12(23-17-8-6-16(22-3)7-9-17)18(21)20(2)15-10-13-4-5-14(11-15)19-13/h6-9,12-15,19H,4-5,10-11H2,1-3H3. The Bertz CT molecular complexity index is 534. The Morgan fingerprint density at radius 1 is 1.17 bits per heavy atom. The molecule has 3 atom stereocenters. The first-order valence-electron chi connectivity index (χ1n) is 8.40. The van der Waals surface area contributed by atoms with Crippen LogP contribution in [0.1, 0.15) is 32.6 Å². The lowest BCUT2D eigenvalue weighted by molar-refractivity contribution is -0.139. The third-order valence-corrected chi connectivity index (χ3v) is 5.06. The molecule has 0 aromatic heterocycles. The molecular weight excluding hydrogens is 292 g/mol. The highest BCUT2D eigenvalue weighted by atomic mass is 16.5. The molecule has 0 radical (unpaired) electrons. The first kappa shape index (κ1) is 16.1. The van der Waals surface area contributed by atoms with Crippen molar-refractivity contribution in [3.05, 3.63) is 24.3 Å². The second-order valence-electron chi connectivity index (χ2n) is 6.65. The van der Waals surface area contributed by atoms with Crippen LogP contribution in [0, 0.1) is 0 Å². The van der Waals surface area contributed by atoms with Crippen molar-refractivity contribution in [2.45, 2.75) is 56.8 Å². The summed E-state index contributed by atoms with van der Waals surface area (Å²) in [5, 5.41) is 3.61. The van der Waals surface area contributed by atoms with Crippen LogP contribution >= 0.6 is 0 Å². The molecule has 1 aromatic rings. The van der Waals surface area contributed by atoms with Gasteiger partial charge in [-0.05, 0) is 56.9 Å². The molecule has 3 unspecified atom stereocenters. The maximum Gasteiger partial charge on any atom is 0.263 e. The molecule has 0 aliphatic carbocycles. The summed E-state index contributed by atoms with van der Waals surface area (Å²) in [6, 6.07) is 8.80. The Morgan fingerprint density at radius 3 is 2.30 bits per heavy atom. The number of nitrogens with zero attached hydrogens (tertiary/aromatic N) is 1. The van der Waals surface area contributed by atoms with Gasteiger partial charge in [-0.1, -0.05) is 0 Å². The average molecular weight is 318 g/mol. The molecule has 2 saturated heterocycles. The fraction of sp³-hybridized carbons (Fsp3) is 0.611. The van der Waals surface area contributed by atoms with E-state index in [-0.39, 0.29) is 5.91 Å². The predicted octanol–water partition coefficient (Wildman–Crippen LogP) is 2.20. The molecule has 3 rings (SSSR count). The van der Waals surface area contributed by atoms with Crippen LogP contribution in [0.4, 0.5) is 0 Å². The molecule has 2 fully saturated rings. The zero-order chi connectivity index (χ0) is 16.4. The molecule has 2 bridgehead atoms. The van der Waals surface area contributed by atoms with Crippen LogP contribution in [0.15, 0.2) is 24.3 Å². The molecule has 2 aliphatic heterocycles. The van der Waals surface area contributed by atoms with E-state index in [2.05, 4.69) is 5.32 Å². The van der Waals surface area contributed by atoms with Crippen molar-refractivity contribution in [1.29, 1.82) is 0 Å². The monoisotopic (exact) mass is 318 g/mol. The molecular formula is C18H26N2O3. The highest BCUT2D eigenvalue weighted by Gasteiger charge is 2.37. The van der Waals surface area contributed by atoms with Gasteiger partial charge in [0.25, 0.3) is 5.91 Å². The summed E-state index contributed by atoms with van der Waals surface area (Å²) in [7, 11) is 3.54. The minimum absolute atomic E-state index is 0.0483. The van der Waals surface area contributed by atoms with Crippen molar-refractivity contribution >= 4 is 5.91 Å². The van der Waals surface area contributed by atoms with Crippen molar-refractivity contribution < 1.29 is 14.3 Å². The maximum atomic E-state index is 12.7. The number of carbonyl (C=O) groups excluding carboxylic acids is 1. The Hall–Kier alpha value is -1.75. The molecule has 1 amide bonds. The zero-order valence-electron chi connectivity index (χ0n) is 14.1. The Balaban J connectivity index is 1.57. The third kappa shape index (κ3) is 3.61. The summed E-state index contributed by atoms with van der Waals surface area (Å²) in [5.74, 6) is 1.51. The fourth-order valence-corrected chi connectivity index (χ4v) is 3.72. The van der Waals surface area contributed by atoms with Gasteiger partial charge in [0.05, 0.1) is 7.11 Å². The second-order valence-corrected chi connectivity index (χ2v) is 6.65. The first-order valence-corrected chi connectivity index (χ1v) is 8.40. The molecule has 0 spiro atoms.